The molecule has 2 heterocycles. The van der Waals surface area contributed by atoms with Gasteiger partial charge in [0.25, 0.3) is 5.56 Å². The van der Waals surface area contributed by atoms with Crippen LogP contribution in [-0.2, 0) is 16.1 Å². The van der Waals surface area contributed by atoms with Gasteiger partial charge in [-0.2, -0.15) is 0 Å². The van der Waals surface area contributed by atoms with Gasteiger partial charge in [-0.1, -0.05) is 0 Å². The number of amides is 2. The van der Waals surface area contributed by atoms with E-state index in [2.05, 4.69) is 4.98 Å². The molecule has 8 heteroatoms. The van der Waals surface area contributed by atoms with Crippen LogP contribution in [0, 0.1) is 29.0 Å². The number of halogens is 1. The van der Waals surface area contributed by atoms with Crippen LogP contribution in [0.1, 0.15) is 38.5 Å². The van der Waals surface area contributed by atoms with Crippen LogP contribution in [0.5, 0.6) is 0 Å². The first-order valence-corrected chi connectivity index (χ1v) is 12.1. The van der Waals surface area contributed by atoms with Crippen LogP contribution in [0.15, 0.2) is 29.3 Å². The number of piperazine rings is 1. The average Bonchev–Trinajstić information content (AvgIpc) is 2.80. The Morgan fingerprint density at radius 1 is 0.970 bits per heavy atom. The van der Waals surface area contributed by atoms with Crippen molar-refractivity contribution in [1.82, 2.24) is 19.4 Å². The van der Waals surface area contributed by atoms with E-state index in [9.17, 15) is 18.8 Å². The van der Waals surface area contributed by atoms with Crippen molar-refractivity contribution in [1.29, 1.82) is 0 Å². The van der Waals surface area contributed by atoms with Crippen LogP contribution in [-0.4, -0.2) is 57.3 Å². The lowest BCUT2D eigenvalue weighted by Gasteiger charge is -2.57. The zero-order valence-corrected chi connectivity index (χ0v) is 18.7. The van der Waals surface area contributed by atoms with E-state index < -0.39 is 11.4 Å². The summed E-state index contributed by atoms with van der Waals surface area (Å²) < 4.78 is 14.8. The van der Waals surface area contributed by atoms with Gasteiger partial charge < -0.3 is 9.80 Å². The molecule has 0 spiro atoms. The van der Waals surface area contributed by atoms with Gasteiger partial charge in [0, 0.05) is 26.2 Å². The molecule has 4 aliphatic carbocycles. The van der Waals surface area contributed by atoms with E-state index in [0.717, 1.165) is 43.1 Å². The normalized spacial score (nSPS) is 30.8. The zero-order valence-electron chi connectivity index (χ0n) is 18.7. The molecule has 4 saturated carbocycles. The number of carbonyl (C=O) groups is 2. The summed E-state index contributed by atoms with van der Waals surface area (Å²) in [5.41, 5.74) is -0.175. The fourth-order valence-corrected chi connectivity index (χ4v) is 7.36. The number of rotatable bonds is 3. The minimum atomic E-state index is -0.509. The fourth-order valence-electron chi connectivity index (χ4n) is 7.36. The van der Waals surface area contributed by atoms with E-state index >= 15 is 0 Å². The van der Waals surface area contributed by atoms with Gasteiger partial charge in [-0.25, -0.2) is 9.37 Å². The zero-order chi connectivity index (χ0) is 22.7. The lowest BCUT2D eigenvalue weighted by atomic mass is 9.49. The predicted molar refractivity (Wildman–Crippen MR) is 120 cm³/mol. The van der Waals surface area contributed by atoms with Gasteiger partial charge in [0.05, 0.1) is 22.6 Å². The first kappa shape index (κ1) is 20.8. The molecule has 2 amide bonds. The largest absolute Gasteiger partial charge is 0.339 e. The Bertz CT molecular complexity index is 1150. The second kappa shape index (κ2) is 7.64. The van der Waals surface area contributed by atoms with E-state index in [-0.39, 0.29) is 23.3 Å². The molecule has 5 aliphatic rings. The maximum atomic E-state index is 13.6. The number of nitrogens with zero attached hydrogens (tertiary/aromatic N) is 4. The van der Waals surface area contributed by atoms with Gasteiger partial charge in [0.2, 0.25) is 11.8 Å². The monoisotopic (exact) mass is 452 g/mol. The van der Waals surface area contributed by atoms with Crippen molar-refractivity contribution < 1.29 is 14.0 Å². The molecule has 0 atom stereocenters. The number of hydrogen-bond acceptors (Lipinski definition) is 4. The third kappa shape index (κ3) is 3.54. The summed E-state index contributed by atoms with van der Waals surface area (Å²) in [6.45, 7) is 1.90. The van der Waals surface area contributed by atoms with Crippen molar-refractivity contribution in [2.75, 3.05) is 26.2 Å². The van der Waals surface area contributed by atoms with Gasteiger partial charge in [-0.05, 0) is 74.5 Å². The second-order valence-corrected chi connectivity index (χ2v) is 10.7. The van der Waals surface area contributed by atoms with Crippen LogP contribution < -0.4 is 5.56 Å². The van der Waals surface area contributed by atoms with Crippen LogP contribution in [0.4, 0.5) is 4.39 Å². The van der Waals surface area contributed by atoms with E-state index in [1.54, 1.807) is 4.90 Å². The SMILES string of the molecule is O=C(Cn1cnc2ccc(F)cc2c1=O)N1CCN(C(=O)C23CC4CC(CC(C4)C2)C3)CC1. The van der Waals surface area contributed by atoms with Crippen molar-refractivity contribution in [3.05, 3.63) is 40.7 Å². The highest BCUT2D eigenvalue weighted by molar-refractivity contribution is 5.84. The molecule has 2 aromatic rings. The molecular weight excluding hydrogens is 423 g/mol. The number of fused-ring (bicyclic) bond motifs is 1. The summed E-state index contributed by atoms with van der Waals surface area (Å²) in [6, 6.07) is 3.87. The van der Waals surface area contributed by atoms with E-state index in [1.807, 2.05) is 4.90 Å². The molecule has 7 rings (SSSR count). The highest BCUT2D eigenvalue weighted by atomic mass is 19.1. The summed E-state index contributed by atoms with van der Waals surface area (Å²) >= 11 is 0. The molecule has 1 aliphatic heterocycles. The van der Waals surface area contributed by atoms with E-state index in [4.69, 9.17) is 0 Å². The molecule has 174 valence electrons. The molecule has 0 radical (unpaired) electrons. The number of benzene rings is 1. The third-order valence-corrected chi connectivity index (χ3v) is 8.50. The summed E-state index contributed by atoms with van der Waals surface area (Å²) in [6.07, 6.45) is 8.42. The van der Waals surface area contributed by atoms with Crippen molar-refractivity contribution in [2.24, 2.45) is 23.2 Å². The maximum Gasteiger partial charge on any atom is 0.261 e. The lowest BCUT2D eigenvalue weighted by Crippen LogP contribution is -2.58. The Balaban J connectivity index is 1.11. The Hall–Kier alpha value is -2.77. The van der Waals surface area contributed by atoms with Gasteiger partial charge >= 0.3 is 0 Å². The molecule has 7 nitrogen and oxygen atoms in total. The minimum Gasteiger partial charge on any atom is -0.339 e. The summed E-state index contributed by atoms with van der Waals surface area (Å²) in [5.74, 6) is 1.80. The Morgan fingerprint density at radius 2 is 1.58 bits per heavy atom. The second-order valence-electron chi connectivity index (χ2n) is 10.7. The average molecular weight is 453 g/mol. The molecule has 1 saturated heterocycles. The molecule has 4 bridgehead atoms. The molecule has 33 heavy (non-hydrogen) atoms. The maximum absolute atomic E-state index is 13.6. The van der Waals surface area contributed by atoms with E-state index in [0.29, 0.717) is 37.6 Å². The summed E-state index contributed by atoms with van der Waals surface area (Å²) in [4.78, 5) is 47.0. The molecule has 1 aromatic heterocycles. The molecule has 0 N–H and O–H groups in total. The van der Waals surface area contributed by atoms with Crippen molar-refractivity contribution in [3.8, 4) is 0 Å². The number of hydrogen-bond donors (Lipinski definition) is 0. The van der Waals surface area contributed by atoms with Crippen LogP contribution >= 0.6 is 0 Å². The van der Waals surface area contributed by atoms with Crippen molar-refractivity contribution >= 4 is 22.7 Å². The van der Waals surface area contributed by atoms with Crippen molar-refractivity contribution in [3.63, 3.8) is 0 Å². The topological polar surface area (TPSA) is 75.5 Å². The quantitative estimate of drug-likeness (QED) is 0.717. The van der Waals surface area contributed by atoms with Gasteiger partial charge in [0.1, 0.15) is 12.4 Å². The van der Waals surface area contributed by atoms with Gasteiger partial charge in [-0.3, -0.25) is 19.0 Å². The first-order valence-electron chi connectivity index (χ1n) is 12.1. The highest BCUT2D eigenvalue weighted by Crippen LogP contribution is 2.60. The summed E-state index contributed by atoms with van der Waals surface area (Å²) in [7, 11) is 0. The lowest BCUT2D eigenvalue weighted by molar-refractivity contribution is -0.160. The minimum absolute atomic E-state index is 0.138. The first-order chi connectivity index (χ1) is 15.9. The molecule has 5 fully saturated rings. The summed E-state index contributed by atoms with van der Waals surface area (Å²) in [5, 5.41) is 0.163. The van der Waals surface area contributed by atoms with Crippen LogP contribution in [0.2, 0.25) is 0 Å². The number of carbonyl (C=O) groups excluding carboxylic acids is 2. The van der Waals surface area contributed by atoms with Crippen molar-refractivity contribution in [2.45, 2.75) is 45.1 Å². The van der Waals surface area contributed by atoms with Gasteiger partial charge in [-0.15, -0.1) is 0 Å². The van der Waals surface area contributed by atoms with Crippen LogP contribution in [0.25, 0.3) is 10.9 Å². The molecule has 1 aromatic carbocycles. The number of aromatic nitrogens is 2. The Kier molecular flexibility index (Phi) is 4.82. The molecular formula is C25H29FN4O3. The standard InChI is InChI=1S/C25H29FN4O3/c26-19-1-2-21-20(10-19)23(32)30(15-27-21)14-22(31)28-3-5-29(6-4-28)24(33)25-11-16-7-17(12-25)9-18(8-16)13-25/h1-2,10,15-18H,3-9,11-14H2. The predicted octanol–water partition coefficient (Wildman–Crippen LogP) is 2.42. The highest BCUT2D eigenvalue weighted by Gasteiger charge is 2.55. The van der Waals surface area contributed by atoms with Gasteiger partial charge in [0.15, 0.2) is 0 Å². The van der Waals surface area contributed by atoms with E-state index in [1.165, 1.54) is 42.3 Å². The third-order valence-electron chi connectivity index (χ3n) is 8.50. The fraction of sp³-hybridized carbons (Fsp3) is 0.600. The Morgan fingerprint density at radius 3 is 2.21 bits per heavy atom. The Labute approximate surface area is 191 Å². The smallest absolute Gasteiger partial charge is 0.261 e. The van der Waals surface area contributed by atoms with Crippen LogP contribution in [0.3, 0.4) is 0 Å². The molecule has 0 unspecified atom stereocenters.